The van der Waals surface area contributed by atoms with Gasteiger partial charge in [0.15, 0.2) is 0 Å². The van der Waals surface area contributed by atoms with Crippen molar-refractivity contribution in [3.63, 3.8) is 0 Å². The highest BCUT2D eigenvalue weighted by atomic mass is 16.5. The van der Waals surface area contributed by atoms with Gasteiger partial charge < -0.3 is 9.64 Å². The molecule has 20 heavy (non-hydrogen) atoms. The third-order valence-corrected chi connectivity index (χ3v) is 4.20. The molecule has 0 aromatic carbocycles. The molecule has 1 saturated carbocycles. The zero-order chi connectivity index (χ0) is 13.9. The zero-order valence-electron chi connectivity index (χ0n) is 12.5. The lowest BCUT2D eigenvalue weighted by atomic mass is 10.2. The summed E-state index contributed by atoms with van der Waals surface area (Å²) in [6, 6.07) is 0. The predicted molar refractivity (Wildman–Crippen MR) is 76.2 cm³/mol. The number of hydrogen-bond acceptors (Lipinski definition) is 5. The molecule has 0 N–H and O–H groups in total. The first kappa shape index (κ1) is 14.0. The number of hydrogen-bond donors (Lipinski definition) is 0. The Kier molecular flexibility index (Phi) is 4.33. The highest BCUT2D eigenvalue weighted by molar-refractivity contribution is 4.94. The Morgan fingerprint density at radius 3 is 2.95 bits per heavy atom. The number of morpholine rings is 1. The van der Waals surface area contributed by atoms with Gasteiger partial charge in [0.05, 0.1) is 24.6 Å². The van der Waals surface area contributed by atoms with Crippen LogP contribution in [-0.2, 0) is 18.3 Å². The first-order valence-corrected chi connectivity index (χ1v) is 7.57. The molecule has 1 aliphatic heterocycles. The average molecular weight is 279 g/mol. The standard InChI is InChI=1S/C14H25N5O/c1-17(8-12-3-4-12)10-14-11-19(5-6-20-14)9-13-7-15-16-18(13)2/h7,12,14H,3-6,8-11H2,1-2H3/t14-/m0/s1. The van der Waals surface area contributed by atoms with E-state index < -0.39 is 0 Å². The summed E-state index contributed by atoms with van der Waals surface area (Å²) in [6.07, 6.45) is 5.00. The maximum atomic E-state index is 5.91. The van der Waals surface area contributed by atoms with Gasteiger partial charge in [-0.3, -0.25) is 9.58 Å². The van der Waals surface area contributed by atoms with Crippen LogP contribution < -0.4 is 0 Å². The van der Waals surface area contributed by atoms with Gasteiger partial charge in [-0.05, 0) is 25.8 Å². The molecule has 3 rings (SSSR count). The van der Waals surface area contributed by atoms with Crippen molar-refractivity contribution in [3.8, 4) is 0 Å². The minimum atomic E-state index is 0.327. The second-order valence-electron chi connectivity index (χ2n) is 6.24. The highest BCUT2D eigenvalue weighted by Gasteiger charge is 2.26. The van der Waals surface area contributed by atoms with Crippen molar-refractivity contribution in [3.05, 3.63) is 11.9 Å². The van der Waals surface area contributed by atoms with Gasteiger partial charge in [0.25, 0.3) is 0 Å². The van der Waals surface area contributed by atoms with Gasteiger partial charge in [-0.15, -0.1) is 5.10 Å². The summed E-state index contributed by atoms with van der Waals surface area (Å²) in [5.74, 6) is 0.945. The van der Waals surface area contributed by atoms with E-state index >= 15 is 0 Å². The van der Waals surface area contributed by atoms with E-state index in [0.717, 1.165) is 44.4 Å². The van der Waals surface area contributed by atoms with E-state index in [1.165, 1.54) is 19.4 Å². The molecule has 1 aromatic heterocycles. The molecule has 0 bridgehead atoms. The molecular weight excluding hydrogens is 254 g/mol. The minimum Gasteiger partial charge on any atom is -0.374 e. The summed E-state index contributed by atoms with van der Waals surface area (Å²) in [4.78, 5) is 4.87. The summed E-state index contributed by atoms with van der Waals surface area (Å²) in [7, 11) is 4.16. The minimum absolute atomic E-state index is 0.327. The summed E-state index contributed by atoms with van der Waals surface area (Å²) in [5, 5.41) is 7.93. The van der Waals surface area contributed by atoms with Crippen molar-refractivity contribution < 1.29 is 4.74 Å². The fourth-order valence-corrected chi connectivity index (χ4v) is 2.88. The van der Waals surface area contributed by atoms with Crippen LogP contribution in [0.5, 0.6) is 0 Å². The molecule has 2 aliphatic rings. The molecule has 2 heterocycles. The molecule has 0 radical (unpaired) electrons. The molecule has 6 heteroatoms. The van der Waals surface area contributed by atoms with Crippen molar-refractivity contribution in [1.82, 2.24) is 24.8 Å². The van der Waals surface area contributed by atoms with Crippen LogP contribution in [0, 0.1) is 5.92 Å². The Labute approximate surface area is 120 Å². The van der Waals surface area contributed by atoms with Crippen LogP contribution in [0.2, 0.25) is 0 Å². The van der Waals surface area contributed by atoms with E-state index in [1.807, 2.05) is 17.9 Å². The molecular formula is C14H25N5O. The molecule has 1 aromatic rings. The van der Waals surface area contributed by atoms with E-state index in [1.54, 1.807) is 0 Å². The highest BCUT2D eigenvalue weighted by Crippen LogP contribution is 2.29. The molecule has 0 amide bonds. The number of ether oxygens (including phenoxy) is 1. The summed E-state index contributed by atoms with van der Waals surface area (Å²) >= 11 is 0. The largest absolute Gasteiger partial charge is 0.374 e. The monoisotopic (exact) mass is 279 g/mol. The van der Waals surface area contributed by atoms with Crippen molar-refractivity contribution in [2.75, 3.05) is 39.8 Å². The normalized spacial score (nSPS) is 24.4. The molecule has 1 aliphatic carbocycles. The van der Waals surface area contributed by atoms with Crippen LogP contribution in [0.4, 0.5) is 0 Å². The van der Waals surface area contributed by atoms with Crippen molar-refractivity contribution in [1.29, 1.82) is 0 Å². The topological polar surface area (TPSA) is 46.4 Å². The maximum absolute atomic E-state index is 5.91. The molecule has 1 saturated heterocycles. The number of rotatable bonds is 6. The van der Waals surface area contributed by atoms with Crippen molar-refractivity contribution >= 4 is 0 Å². The van der Waals surface area contributed by atoms with Crippen LogP contribution in [0.25, 0.3) is 0 Å². The Morgan fingerprint density at radius 2 is 2.25 bits per heavy atom. The molecule has 0 unspecified atom stereocenters. The Balaban J connectivity index is 1.47. The van der Waals surface area contributed by atoms with Crippen LogP contribution in [0.15, 0.2) is 6.20 Å². The SMILES string of the molecule is CN(CC1CC1)C[C@H]1CN(Cc2cnnn2C)CCO1. The van der Waals surface area contributed by atoms with Gasteiger partial charge in [0.1, 0.15) is 0 Å². The van der Waals surface area contributed by atoms with Crippen LogP contribution in [-0.4, -0.2) is 70.7 Å². The molecule has 112 valence electrons. The van der Waals surface area contributed by atoms with Crippen LogP contribution in [0.1, 0.15) is 18.5 Å². The van der Waals surface area contributed by atoms with Crippen molar-refractivity contribution in [2.24, 2.45) is 13.0 Å². The lowest BCUT2D eigenvalue weighted by molar-refractivity contribution is -0.0440. The Morgan fingerprint density at radius 1 is 1.40 bits per heavy atom. The van der Waals surface area contributed by atoms with Crippen LogP contribution >= 0.6 is 0 Å². The zero-order valence-corrected chi connectivity index (χ0v) is 12.5. The molecule has 2 fully saturated rings. The van der Waals surface area contributed by atoms with E-state index in [-0.39, 0.29) is 0 Å². The Hall–Kier alpha value is -0.980. The first-order chi connectivity index (χ1) is 9.70. The third-order valence-electron chi connectivity index (χ3n) is 4.20. The molecule has 1 atom stereocenters. The van der Waals surface area contributed by atoms with Gasteiger partial charge in [-0.25, -0.2) is 0 Å². The van der Waals surface area contributed by atoms with Gasteiger partial charge in [-0.1, -0.05) is 5.21 Å². The van der Waals surface area contributed by atoms with E-state index in [0.29, 0.717) is 6.10 Å². The summed E-state index contributed by atoms with van der Waals surface area (Å²) < 4.78 is 7.76. The first-order valence-electron chi connectivity index (χ1n) is 7.57. The van der Waals surface area contributed by atoms with Gasteiger partial charge in [0, 0.05) is 39.8 Å². The fourth-order valence-electron chi connectivity index (χ4n) is 2.88. The second-order valence-corrected chi connectivity index (χ2v) is 6.24. The smallest absolute Gasteiger partial charge is 0.0829 e. The van der Waals surface area contributed by atoms with Crippen LogP contribution in [0.3, 0.4) is 0 Å². The quantitative estimate of drug-likeness (QED) is 0.752. The van der Waals surface area contributed by atoms with Gasteiger partial charge in [-0.2, -0.15) is 0 Å². The predicted octanol–water partition coefficient (Wildman–Crippen LogP) is 0.358. The maximum Gasteiger partial charge on any atom is 0.0829 e. The van der Waals surface area contributed by atoms with Gasteiger partial charge >= 0.3 is 0 Å². The second kappa shape index (κ2) is 6.20. The average Bonchev–Trinajstić information content (AvgIpc) is 3.13. The molecule has 6 nitrogen and oxygen atoms in total. The number of likely N-dealkylation sites (N-methyl/N-ethyl adjacent to an activating group) is 1. The number of nitrogens with zero attached hydrogens (tertiary/aromatic N) is 5. The molecule has 0 spiro atoms. The van der Waals surface area contributed by atoms with Gasteiger partial charge in [0.2, 0.25) is 0 Å². The lowest BCUT2D eigenvalue weighted by Crippen LogP contribution is -2.47. The van der Waals surface area contributed by atoms with E-state index in [2.05, 4.69) is 27.2 Å². The van der Waals surface area contributed by atoms with E-state index in [9.17, 15) is 0 Å². The fraction of sp³-hybridized carbons (Fsp3) is 0.857. The van der Waals surface area contributed by atoms with Crippen molar-refractivity contribution in [2.45, 2.75) is 25.5 Å². The van der Waals surface area contributed by atoms with E-state index in [4.69, 9.17) is 4.74 Å². The number of aryl methyl sites for hydroxylation is 1. The third kappa shape index (κ3) is 3.77. The summed E-state index contributed by atoms with van der Waals surface area (Å²) in [5.41, 5.74) is 1.16. The summed E-state index contributed by atoms with van der Waals surface area (Å²) in [6.45, 7) is 6.00. The Bertz CT molecular complexity index is 431. The number of aromatic nitrogens is 3. The lowest BCUT2D eigenvalue weighted by Gasteiger charge is -2.34.